The van der Waals surface area contributed by atoms with Crippen molar-refractivity contribution in [1.29, 1.82) is 0 Å². The Morgan fingerprint density at radius 2 is 1.87 bits per heavy atom. The van der Waals surface area contributed by atoms with Crippen LogP contribution in [0.3, 0.4) is 0 Å². The van der Waals surface area contributed by atoms with Gasteiger partial charge in [-0.15, -0.1) is 11.3 Å². The molecule has 1 fully saturated rings. The van der Waals surface area contributed by atoms with Gasteiger partial charge in [0.05, 0.1) is 36.1 Å². The lowest BCUT2D eigenvalue weighted by Crippen LogP contribution is -2.45. The van der Waals surface area contributed by atoms with Gasteiger partial charge in [-0.05, 0) is 42.3 Å². The number of rotatable bonds is 9. The van der Waals surface area contributed by atoms with Gasteiger partial charge in [-0.25, -0.2) is 13.8 Å². The highest BCUT2D eigenvalue weighted by atomic mass is 32.1. The van der Waals surface area contributed by atoms with Gasteiger partial charge >= 0.3 is 0 Å². The van der Waals surface area contributed by atoms with Crippen molar-refractivity contribution in [3.05, 3.63) is 64.9 Å². The van der Waals surface area contributed by atoms with Crippen LogP contribution in [-0.4, -0.2) is 72.1 Å². The fourth-order valence-electron chi connectivity index (χ4n) is 4.39. The second kappa shape index (κ2) is 12.2. The number of likely N-dealkylation sites (N-methyl/N-ethyl adjacent to an activating group) is 1. The van der Waals surface area contributed by atoms with Crippen molar-refractivity contribution in [2.24, 2.45) is 5.73 Å². The number of amides is 2. The molecule has 0 spiro atoms. The van der Waals surface area contributed by atoms with E-state index in [1.54, 1.807) is 39.2 Å². The van der Waals surface area contributed by atoms with Crippen LogP contribution < -0.4 is 11.1 Å². The minimum Gasteiger partial charge on any atom is -0.388 e. The Morgan fingerprint density at radius 3 is 2.46 bits per heavy atom. The zero-order chi connectivity index (χ0) is 28.3. The molecule has 2 unspecified atom stereocenters. The number of hydrogen-bond donors (Lipinski definition) is 3. The number of primary amides is 1. The Balaban J connectivity index is 1.69. The first kappa shape index (κ1) is 28.6. The van der Waals surface area contributed by atoms with E-state index < -0.39 is 29.7 Å². The van der Waals surface area contributed by atoms with Gasteiger partial charge in [-0.2, -0.15) is 0 Å². The van der Waals surface area contributed by atoms with Crippen molar-refractivity contribution in [2.75, 3.05) is 45.7 Å². The predicted octanol–water partition coefficient (Wildman–Crippen LogP) is 3.84. The summed E-state index contributed by atoms with van der Waals surface area (Å²) in [4.78, 5) is 33.6. The molecule has 2 aromatic heterocycles. The standard InChI is InChI=1S/C27H31F2N5O4S/c1-4-20(35)15-12-17(28)23(18(29)13-15)21-14-16(25(30)36)26(39-21)32-22-7-5-6-19(31-22)24(27(37)33(2)3)34-8-10-38-11-9-34/h5-7,12-14,20,24,35H,4,8-11H2,1-3H3,(H2,30,36)(H,31,32). The number of hydrogen-bond acceptors (Lipinski definition) is 8. The molecule has 1 aliphatic heterocycles. The summed E-state index contributed by atoms with van der Waals surface area (Å²) >= 11 is 0.941. The number of aliphatic hydroxyl groups is 1. The second-order valence-corrected chi connectivity index (χ2v) is 10.4. The molecule has 0 radical (unpaired) electrons. The lowest BCUT2D eigenvalue weighted by atomic mass is 10.0. The molecule has 39 heavy (non-hydrogen) atoms. The van der Waals surface area contributed by atoms with E-state index in [1.165, 1.54) is 11.0 Å². The molecule has 12 heteroatoms. The SMILES string of the molecule is CCC(O)c1cc(F)c(-c2cc(C(N)=O)c(Nc3cccc(C(C(=O)N(C)C)N4CCOCC4)n3)s2)c(F)c1. The van der Waals surface area contributed by atoms with E-state index in [2.05, 4.69) is 10.3 Å². The Bertz CT molecular complexity index is 1340. The number of morpholine rings is 1. The maximum absolute atomic E-state index is 15.0. The lowest BCUT2D eigenvalue weighted by molar-refractivity contribution is -0.136. The zero-order valence-corrected chi connectivity index (χ0v) is 22.7. The number of aliphatic hydroxyl groups excluding tert-OH is 1. The largest absolute Gasteiger partial charge is 0.388 e. The average molecular weight is 560 g/mol. The number of nitrogens with zero attached hydrogens (tertiary/aromatic N) is 3. The summed E-state index contributed by atoms with van der Waals surface area (Å²) in [5.74, 6) is -2.33. The van der Waals surface area contributed by atoms with E-state index in [0.29, 0.717) is 44.2 Å². The van der Waals surface area contributed by atoms with Crippen molar-refractivity contribution >= 4 is 34.0 Å². The van der Waals surface area contributed by atoms with E-state index in [1.807, 2.05) is 4.90 Å². The maximum Gasteiger partial charge on any atom is 0.251 e. The van der Waals surface area contributed by atoms with Crippen LogP contribution in [-0.2, 0) is 9.53 Å². The van der Waals surface area contributed by atoms with E-state index in [4.69, 9.17) is 10.5 Å². The van der Waals surface area contributed by atoms with Crippen LogP contribution in [0, 0.1) is 11.6 Å². The number of thiophene rings is 1. The molecule has 3 aromatic rings. The van der Waals surface area contributed by atoms with Crippen LogP contribution in [0.1, 0.15) is 47.1 Å². The topological polar surface area (TPSA) is 121 Å². The molecule has 0 bridgehead atoms. The number of benzene rings is 1. The molecule has 1 aromatic carbocycles. The third-order valence-corrected chi connectivity index (χ3v) is 7.53. The third-order valence-electron chi connectivity index (χ3n) is 6.46. The van der Waals surface area contributed by atoms with Gasteiger partial charge < -0.3 is 25.8 Å². The number of aromatic nitrogens is 1. The van der Waals surface area contributed by atoms with E-state index in [-0.39, 0.29) is 32.5 Å². The first-order valence-electron chi connectivity index (χ1n) is 12.5. The van der Waals surface area contributed by atoms with E-state index in [0.717, 1.165) is 23.5 Å². The highest BCUT2D eigenvalue weighted by Crippen LogP contribution is 2.40. The Kier molecular flexibility index (Phi) is 8.90. The highest BCUT2D eigenvalue weighted by Gasteiger charge is 2.31. The molecule has 0 aliphatic carbocycles. The second-order valence-electron chi connectivity index (χ2n) is 9.36. The summed E-state index contributed by atoms with van der Waals surface area (Å²) in [5.41, 5.74) is 5.92. The first-order valence-corrected chi connectivity index (χ1v) is 13.3. The number of nitrogens with one attached hydrogen (secondary N) is 1. The van der Waals surface area contributed by atoms with Gasteiger partial charge in [0.25, 0.3) is 5.91 Å². The lowest BCUT2D eigenvalue weighted by Gasteiger charge is -2.34. The number of carbonyl (C=O) groups is 2. The molecular weight excluding hydrogens is 528 g/mol. The van der Waals surface area contributed by atoms with Gasteiger partial charge in [0.1, 0.15) is 28.5 Å². The fraction of sp³-hybridized carbons (Fsp3) is 0.370. The van der Waals surface area contributed by atoms with Crippen molar-refractivity contribution in [3.63, 3.8) is 0 Å². The normalized spacial score (nSPS) is 15.5. The maximum atomic E-state index is 15.0. The summed E-state index contributed by atoms with van der Waals surface area (Å²) in [6.07, 6.45) is -0.695. The van der Waals surface area contributed by atoms with Crippen LogP contribution in [0.15, 0.2) is 36.4 Å². The molecular formula is C27H31F2N5O4S. The molecule has 0 saturated carbocycles. The zero-order valence-electron chi connectivity index (χ0n) is 21.9. The predicted molar refractivity (Wildman–Crippen MR) is 145 cm³/mol. The molecule has 208 valence electrons. The Hall–Kier alpha value is -3.45. The van der Waals surface area contributed by atoms with Gasteiger partial charge in [-0.1, -0.05) is 13.0 Å². The molecule has 1 aliphatic rings. The monoisotopic (exact) mass is 559 g/mol. The molecule has 3 heterocycles. The number of carbonyl (C=O) groups excluding carboxylic acids is 2. The van der Waals surface area contributed by atoms with Crippen molar-refractivity contribution in [1.82, 2.24) is 14.8 Å². The first-order chi connectivity index (χ1) is 18.6. The molecule has 4 rings (SSSR count). The van der Waals surface area contributed by atoms with Crippen molar-refractivity contribution < 1.29 is 28.2 Å². The smallest absolute Gasteiger partial charge is 0.251 e. The Labute approximate surface area is 229 Å². The van der Waals surface area contributed by atoms with E-state index in [9.17, 15) is 23.5 Å². The minimum atomic E-state index is -0.996. The van der Waals surface area contributed by atoms with Gasteiger partial charge in [0.2, 0.25) is 5.91 Å². The average Bonchev–Trinajstić information content (AvgIpc) is 3.32. The number of ether oxygens (including phenoxy) is 1. The van der Waals surface area contributed by atoms with Gasteiger partial charge in [-0.3, -0.25) is 14.5 Å². The van der Waals surface area contributed by atoms with E-state index >= 15 is 0 Å². The van der Waals surface area contributed by atoms with Crippen LogP contribution in [0.5, 0.6) is 0 Å². The van der Waals surface area contributed by atoms with Crippen LogP contribution >= 0.6 is 11.3 Å². The third kappa shape index (κ3) is 6.25. The quantitative estimate of drug-likeness (QED) is 0.364. The highest BCUT2D eigenvalue weighted by molar-refractivity contribution is 7.20. The molecule has 4 N–H and O–H groups in total. The van der Waals surface area contributed by atoms with Crippen LogP contribution in [0.4, 0.5) is 19.6 Å². The summed E-state index contributed by atoms with van der Waals surface area (Å²) in [7, 11) is 3.36. The fourth-order valence-corrected chi connectivity index (χ4v) is 5.50. The summed E-state index contributed by atoms with van der Waals surface area (Å²) in [6.45, 7) is 3.83. The van der Waals surface area contributed by atoms with Crippen LogP contribution in [0.25, 0.3) is 10.4 Å². The molecule has 2 atom stereocenters. The number of pyridine rings is 1. The van der Waals surface area contributed by atoms with Gasteiger partial charge in [0, 0.05) is 32.1 Å². The van der Waals surface area contributed by atoms with Crippen LogP contribution in [0.2, 0.25) is 0 Å². The minimum absolute atomic E-state index is 0.0350. The number of nitrogens with two attached hydrogens (primary N) is 1. The molecule has 9 nitrogen and oxygen atoms in total. The van der Waals surface area contributed by atoms with Crippen molar-refractivity contribution in [3.8, 4) is 10.4 Å². The Morgan fingerprint density at radius 1 is 1.21 bits per heavy atom. The van der Waals surface area contributed by atoms with Gasteiger partial charge in [0.15, 0.2) is 0 Å². The summed E-state index contributed by atoms with van der Waals surface area (Å²) in [5, 5.41) is 13.3. The number of anilines is 2. The summed E-state index contributed by atoms with van der Waals surface area (Å²) < 4.78 is 35.4. The molecule has 2 amide bonds. The number of halogens is 2. The van der Waals surface area contributed by atoms with Crippen molar-refractivity contribution in [2.45, 2.75) is 25.5 Å². The summed E-state index contributed by atoms with van der Waals surface area (Å²) in [6, 6.07) is 7.99. The molecule has 1 saturated heterocycles.